The zero-order chi connectivity index (χ0) is 13.8. The van der Waals surface area contributed by atoms with E-state index in [-0.39, 0.29) is 4.90 Å². The molecule has 18 heavy (non-hydrogen) atoms. The molecular weight excluding hydrogens is 256 g/mol. The van der Waals surface area contributed by atoms with Crippen LogP contribution in [-0.2, 0) is 10.0 Å². The summed E-state index contributed by atoms with van der Waals surface area (Å²) in [4.78, 5) is 0.0160. The smallest absolute Gasteiger partial charge is 0.241 e. The summed E-state index contributed by atoms with van der Waals surface area (Å²) in [5, 5.41) is 8.61. The molecule has 1 unspecified atom stereocenters. The number of nitriles is 1. The molecule has 1 aromatic carbocycles. The first kappa shape index (κ1) is 14.3. The minimum absolute atomic E-state index is 0.0160. The summed E-state index contributed by atoms with van der Waals surface area (Å²) in [7, 11) is -0.861. The second-order valence-corrected chi connectivity index (χ2v) is 5.20. The highest BCUT2D eigenvalue weighted by Crippen LogP contribution is 2.29. The molecule has 0 heterocycles. The third kappa shape index (κ3) is 3.12. The van der Waals surface area contributed by atoms with Crippen molar-refractivity contribution in [2.45, 2.75) is 17.9 Å². The largest absolute Gasteiger partial charge is 0.493 e. The van der Waals surface area contributed by atoms with Crippen LogP contribution in [0, 0.1) is 11.3 Å². The number of hydrogen-bond acceptors (Lipinski definition) is 5. The topological polar surface area (TPSA) is 88.4 Å². The highest BCUT2D eigenvalue weighted by atomic mass is 32.2. The highest BCUT2D eigenvalue weighted by molar-refractivity contribution is 7.89. The molecule has 0 spiro atoms. The molecule has 0 fully saturated rings. The molecule has 0 amide bonds. The first-order valence-electron chi connectivity index (χ1n) is 5.08. The van der Waals surface area contributed by atoms with Crippen molar-refractivity contribution in [1.82, 2.24) is 4.72 Å². The molecular formula is C11H14N2O4S. The van der Waals surface area contributed by atoms with Crippen molar-refractivity contribution in [3.8, 4) is 17.6 Å². The van der Waals surface area contributed by atoms with Crippen LogP contribution in [0.2, 0.25) is 0 Å². The van der Waals surface area contributed by atoms with Gasteiger partial charge in [0, 0.05) is 6.07 Å². The quantitative estimate of drug-likeness (QED) is 0.858. The predicted molar refractivity (Wildman–Crippen MR) is 64.9 cm³/mol. The van der Waals surface area contributed by atoms with E-state index in [0.717, 1.165) is 0 Å². The molecule has 1 rings (SSSR count). The Morgan fingerprint density at radius 1 is 1.28 bits per heavy atom. The van der Waals surface area contributed by atoms with Crippen LogP contribution in [0.3, 0.4) is 0 Å². The average molecular weight is 270 g/mol. The SMILES string of the molecule is COc1ccc(S(=O)(=O)NC(C)C#N)cc1OC. The molecule has 0 aliphatic rings. The maximum Gasteiger partial charge on any atom is 0.241 e. The molecule has 1 N–H and O–H groups in total. The molecule has 0 aliphatic carbocycles. The van der Waals surface area contributed by atoms with Crippen LogP contribution in [0.4, 0.5) is 0 Å². The van der Waals surface area contributed by atoms with E-state index in [1.165, 1.54) is 39.3 Å². The summed E-state index contributed by atoms with van der Waals surface area (Å²) in [5.41, 5.74) is 0. The highest BCUT2D eigenvalue weighted by Gasteiger charge is 2.19. The third-order valence-corrected chi connectivity index (χ3v) is 3.73. The lowest BCUT2D eigenvalue weighted by molar-refractivity contribution is 0.354. The van der Waals surface area contributed by atoms with Crippen LogP contribution in [0.15, 0.2) is 23.1 Å². The summed E-state index contributed by atoms with van der Waals surface area (Å²) in [6, 6.07) is 5.20. The van der Waals surface area contributed by atoms with Gasteiger partial charge in [-0.2, -0.15) is 9.98 Å². The van der Waals surface area contributed by atoms with E-state index in [1.54, 1.807) is 6.07 Å². The summed E-state index contributed by atoms with van der Waals surface area (Å²) in [6.45, 7) is 1.46. The molecule has 0 saturated carbocycles. The fraction of sp³-hybridized carbons (Fsp3) is 0.364. The first-order valence-corrected chi connectivity index (χ1v) is 6.57. The van der Waals surface area contributed by atoms with E-state index in [4.69, 9.17) is 14.7 Å². The average Bonchev–Trinajstić information content (AvgIpc) is 2.37. The standard InChI is InChI=1S/C11H14N2O4S/c1-8(7-12)13-18(14,15)9-4-5-10(16-2)11(6-9)17-3/h4-6,8,13H,1-3H3. The number of nitrogens with zero attached hydrogens (tertiary/aromatic N) is 1. The van der Waals surface area contributed by atoms with Gasteiger partial charge in [0.15, 0.2) is 11.5 Å². The molecule has 1 atom stereocenters. The van der Waals surface area contributed by atoms with Crippen molar-refractivity contribution in [3.05, 3.63) is 18.2 Å². The van der Waals surface area contributed by atoms with Crippen LogP contribution in [-0.4, -0.2) is 28.7 Å². The second-order valence-electron chi connectivity index (χ2n) is 3.49. The van der Waals surface area contributed by atoms with Crippen LogP contribution < -0.4 is 14.2 Å². The normalized spacial score (nSPS) is 12.6. The number of benzene rings is 1. The molecule has 98 valence electrons. The van der Waals surface area contributed by atoms with Gasteiger partial charge in [0.2, 0.25) is 10.0 Å². The van der Waals surface area contributed by atoms with Gasteiger partial charge in [0.1, 0.15) is 6.04 Å². The zero-order valence-electron chi connectivity index (χ0n) is 10.3. The lowest BCUT2D eigenvalue weighted by atomic mass is 10.3. The Morgan fingerprint density at radius 2 is 1.89 bits per heavy atom. The van der Waals surface area contributed by atoms with Crippen molar-refractivity contribution >= 4 is 10.0 Å². The summed E-state index contributed by atoms with van der Waals surface area (Å²) in [6.07, 6.45) is 0. The van der Waals surface area contributed by atoms with Crippen molar-refractivity contribution in [2.75, 3.05) is 14.2 Å². The van der Waals surface area contributed by atoms with E-state index >= 15 is 0 Å². The maximum absolute atomic E-state index is 11.9. The number of ether oxygens (including phenoxy) is 2. The Bertz CT molecular complexity index is 563. The monoisotopic (exact) mass is 270 g/mol. The van der Waals surface area contributed by atoms with Gasteiger partial charge < -0.3 is 9.47 Å². The van der Waals surface area contributed by atoms with Crippen LogP contribution in [0.5, 0.6) is 11.5 Å². The Kier molecular flexibility index (Phi) is 4.53. The lowest BCUT2D eigenvalue weighted by Crippen LogP contribution is -2.31. The van der Waals surface area contributed by atoms with Crippen molar-refractivity contribution in [2.24, 2.45) is 0 Å². The Balaban J connectivity index is 3.15. The second kappa shape index (κ2) is 5.71. The Hall–Kier alpha value is -1.78. The number of nitrogens with one attached hydrogen (secondary N) is 1. The van der Waals surface area contributed by atoms with Gasteiger partial charge in [-0.05, 0) is 19.1 Å². The van der Waals surface area contributed by atoms with Crippen molar-refractivity contribution < 1.29 is 17.9 Å². The number of methoxy groups -OCH3 is 2. The summed E-state index contributed by atoms with van der Waals surface area (Å²) < 4.78 is 36.1. The van der Waals surface area contributed by atoms with Gasteiger partial charge in [-0.25, -0.2) is 8.42 Å². The molecule has 0 aromatic heterocycles. The third-order valence-electron chi connectivity index (χ3n) is 2.19. The molecule has 0 radical (unpaired) electrons. The van der Waals surface area contributed by atoms with Gasteiger partial charge >= 0.3 is 0 Å². The Labute approximate surface area is 106 Å². The lowest BCUT2D eigenvalue weighted by Gasteiger charge is -2.11. The summed E-state index contributed by atoms with van der Waals surface area (Å²) in [5.74, 6) is 0.745. The Morgan fingerprint density at radius 3 is 2.39 bits per heavy atom. The van der Waals surface area contributed by atoms with Gasteiger partial charge in [0.25, 0.3) is 0 Å². The molecule has 0 bridgehead atoms. The minimum Gasteiger partial charge on any atom is -0.493 e. The summed E-state index contributed by atoms with van der Waals surface area (Å²) >= 11 is 0. The van der Waals surface area contributed by atoms with Gasteiger partial charge in [0.05, 0.1) is 25.2 Å². The first-order chi connectivity index (χ1) is 8.44. The van der Waals surface area contributed by atoms with Crippen molar-refractivity contribution in [1.29, 1.82) is 5.26 Å². The van der Waals surface area contributed by atoms with Crippen LogP contribution >= 0.6 is 0 Å². The molecule has 6 nitrogen and oxygen atoms in total. The van der Waals surface area contributed by atoms with Crippen LogP contribution in [0.1, 0.15) is 6.92 Å². The molecule has 7 heteroatoms. The van der Waals surface area contributed by atoms with E-state index in [0.29, 0.717) is 11.5 Å². The van der Waals surface area contributed by atoms with Gasteiger partial charge in [-0.3, -0.25) is 0 Å². The fourth-order valence-corrected chi connectivity index (χ4v) is 2.47. The van der Waals surface area contributed by atoms with E-state index in [9.17, 15) is 8.42 Å². The van der Waals surface area contributed by atoms with E-state index in [1.807, 2.05) is 0 Å². The predicted octanol–water partition coefficient (Wildman–Crippen LogP) is 0.894. The number of rotatable bonds is 5. The minimum atomic E-state index is -3.74. The molecule has 0 saturated heterocycles. The molecule has 1 aromatic rings. The van der Waals surface area contributed by atoms with Crippen LogP contribution in [0.25, 0.3) is 0 Å². The van der Waals surface area contributed by atoms with Gasteiger partial charge in [-0.15, -0.1) is 0 Å². The number of hydrogen-bond donors (Lipinski definition) is 1. The fourth-order valence-electron chi connectivity index (χ4n) is 1.31. The number of sulfonamides is 1. The van der Waals surface area contributed by atoms with Gasteiger partial charge in [-0.1, -0.05) is 0 Å². The van der Waals surface area contributed by atoms with E-state index < -0.39 is 16.1 Å². The van der Waals surface area contributed by atoms with Crippen molar-refractivity contribution in [3.63, 3.8) is 0 Å². The zero-order valence-corrected chi connectivity index (χ0v) is 11.1. The van der Waals surface area contributed by atoms with E-state index in [2.05, 4.69) is 4.72 Å². The maximum atomic E-state index is 11.9. The molecule has 0 aliphatic heterocycles.